The maximum atomic E-state index is 12.9. The van der Waals surface area contributed by atoms with E-state index in [9.17, 15) is 8.42 Å². The lowest BCUT2D eigenvalue weighted by molar-refractivity contribution is -0.0418. The minimum Gasteiger partial charge on any atom is -0.383 e. The summed E-state index contributed by atoms with van der Waals surface area (Å²) in [4.78, 5) is 0.327. The first-order valence-corrected chi connectivity index (χ1v) is 11.4. The summed E-state index contributed by atoms with van der Waals surface area (Å²) >= 11 is 0. The molecule has 5 unspecified atom stereocenters. The van der Waals surface area contributed by atoms with Crippen molar-refractivity contribution in [2.24, 2.45) is 0 Å². The van der Waals surface area contributed by atoms with Crippen LogP contribution < -0.4 is 5.43 Å². The molecule has 29 heavy (non-hydrogen) atoms. The normalized spacial score (nSPS) is 26.7. The summed E-state index contributed by atoms with van der Waals surface area (Å²) in [5, 5.41) is 2.00. The van der Waals surface area contributed by atoms with Crippen molar-refractivity contribution in [3.8, 4) is 0 Å². The van der Waals surface area contributed by atoms with Gasteiger partial charge in [-0.05, 0) is 18.6 Å². The predicted molar refractivity (Wildman–Crippen MR) is 110 cm³/mol. The van der Waals surface area contributed by atoms with Crippen LogP contribution in [0.5, 0.6) is 0 Å². The highest BCUT2D eigenvalue weighted by molar-refractivity contribution is 7.91. The number of nitrogens with one attached hydrogen (secondary N) is 1. The molecule has 0 aromatic heterocycles. The molecule has 166 valence electrons. The van der Waals surface area contributed by atoms with Crippen LogP contribution in [-0.2, 0) is 28.8 Å². The Morgan fingerprint density at radius 1 is 0.966 bits per heavy atom. The van der Waals surface area contributed by atoms with Crippen molar-refractivity contribution in [2.45, 2.75) is 48.6 Å². The molecular formula is C20H34N2O6S. The van der Waals surface area contributed by atoms with Crippen LogP contribution in [0.2, 0.25) is 0 Å². The average Bonchev–Trinajstić information content (AvgIpc) is 3.00. The van der Waals surface area contributed by atoms with E-state index < -0.39 is 9.84 Å². The Hall–Kier alpha value is -1.07. The summed E-state index contributed by atoms with van der Waals surface area (Å²) in [5.74, 6) is -0.0152. The first kappa shape index (κ1) is 24.2. The lowest BCUT2D eigenvalue weighted by atomic mass is 10.1. The third kappa shape index (κ3) is 5.75. The molecule has 1 aliphatic heterocycles. The topological polar surface area (TPSA) is 86.3 Å². The Labute approximate surface area is 174 Å². The molecule has 1 aromatic rings. The van der Waals surface area contributed by atoms with Crippen molar-refractivity contribution >= 4 is 9.84 Å². The molecule has 1 heterocycles. The monoisotopic (exact) mass is 430 g/mol. The maximum absolute atomic E-state index is 12.9. The van der Waals surface area contributed by atoms with Gasteiger partial charge < -0.3 is 18.9 Å². The first-order valence-electron chi connectivity index (χ1n) is 9.79. The van der Waals surface area contributed by atoms with Crippen molar-refractivity contribution in [3.05, 3.63) is 30.3 Å². The van der Waals surface area contributed by atoms with Gasteiger partial charge in [-0.3, -0.25) is 5.43 Å². The quantitative estimate of drug-likeness (QED) is 0.528. The molecule has 1 fully saturated rings. The lowest BCUT2D eigenvalue weighted by Gasteiger charge is -2.34. The Bertz CT molecular complexity index is 682. The molecule has 1 N–H and O–H groups in total. The van der Waals surface area contributed by atoms with Gasteiger partial charge in [-0.15, -0.1) is 0 Å². The fraction of sp³-hybridized carbons (Fsp3) is 0.700. The number of hydrazine groups is 1. The fourth-order valence-electron chi connectivity index (χ4n) is 3.91. The van der Waals surface area contributed by atoms with Gasteiger partial charge in [0.15, 0.2) is 9.84 Å². The standard InChI is InChI=1S/C20H34N2O6S/c1-6-15(14-29(23,24)16-10-8-7-9-11-16)21-22-17(12-25-2)19(27-4)20(28-5)18(22)13-26-3/h7-11,15,17-21H,6,12-14H2,1-5H3. The molecule has 1 aliphatic rings. The maximum Gasteiger partial charge on any atom is 0.179 e. The van der Waals surface area contributed by atoms with Crippen molar-refractivity contribution in [3.63, 3.8) is 0 Å². The van der Waals surface area contributed by atoms with Gasteiger partial charge in [-0.2, -0.15) is 0 Å². The molecular weight excluding hydrogens is 396 g/mol. The summed E-state index contributed by atoms with van der Waals surface area (Å²) in [7, 11) is 3.13. The Balaban J connectivity index is 2.25. The molecule has 1 aromatic carbocycles. The number of hydrogen-bond acceptors (Lipinski definition) is 8. The van der Waals surface area contributed by atoms with E-state index in [0.717, 1.165) is 0 Å². The van der Waals surface area contributed by atoms with E-state index in [0.29, 0.717) is 24.5 Å². The number of methoxy groups -OCH3 is 4. The van der Waals surface area contributed by atoms with Crippen molar-refractivity contribution < 1.29 is 27.4 Å². The molecule has 1 saturated heterocycles. The number of benzene rings is 1. The second kappa shape index (κ2) is 11.4. The molecule has 0 spiro atoms. The molecule has 0 amide bonds. The van der Waals surface area contributed by atoms with Gasteiger partial charge in [0.1, 0.15) is 12.2 Å². The van der Waals surface area contributed by atoms with Gasteiger partial charge in [-0.1, -0.05) is 25.1 Å². The van der Waals surface area contributed by atoms with E-state index in [1.54, 1.807) is 58.8 Å². The van der Waals surface area contributed by atoms with E-state index in [4.69, 9.17) is 18.9 Å². The number of ether oxygens (including phenoxy) is 4. The summed E-state index contributed by atoms with van der Waals surface area (Å²) in [6, 6.07) is 7.94. The van der Waals surface area contributed by atoms with Crippen LogP contribution in [0.3, 0.4) is 0 Å². The van der Waals surface area contributed by atoms with E-state index in [1.807, 2.05) is 11.9 Å². The Kier molecular flexibility index (Phi) is 9.48. The SMILES string of the molecule is CCC(CS(=O)(=O)c1ccccc1)NN1C(COC)C(OC)C(OC)C1COC. The van der Waals surface area contributed by atoms with E-state index >= 15 is 0 Å². The molecule has 0 bridgehead atoms. The highest BCUT2D eigenvalue weighted by atomic mass is 32.2. The number of sulfone groups is 1. The summed E-state index contributed by atoms with van der Waals surface area (Å²) in [6.07, 6.45) is 0.156. The van der Waals surface area contributed by atoms with Crippen LogP contribution in [-0.4, -0.2) is 91.2 Å². The molecule has 5 atom stereocenters. The smallest absolute Gasteiger partial charge is 0.179 e. The summed E-state index contributed by atoms with van der Waals surface area (Å²) in [6.45, 7) is 2.79. The first-order chi connectivity index (χ1) is 13.9. The highest BCUT2D eigenvalue weighted by Crippen LogP contribution is 2.29. The van der Waals surface area contributed by atoms with Crippen LogP contribution >= 0.6 is 0 Å². The van der Waals surface area contributed by atoms with Crippen LogP contribution in [0, 0.1) is 0 Å². The Morgan fingerprint density at radius 3 is 1.90 bits per heavy atom. The largest absolute Gasteiger partial charge is 0.383 e. The second-order valence-corrected chi connectivity index (χ2v) is 9.22. The third-order valence-corrected chi connectivity index (χ3v) is 7.20. The van der Waals surface area contributed by atoms with Crippen LogP contribution in [0.15, 0.2) is 35.2 Å². The van der Waals surface area contributed by atoms with Gasteiger partial charge >= 0.3 is 0 Å². The zero-order valence-electron chi connectivity index (χ0n) is 17.9. The molecule has 0 radical (unpaired) electrons. The molecule has 9 heteroatoms. The van der Waals surface area contributed by atoms with Crippen molar-refractivity contribution in [2.75, 3.05) is 47.4 Å². The predicted octanol–water partition coefficient (Wildman–Crippen LogP) is 1.12. The van der Waals surface area contributed by atoms with Gasteiger partial charge in [0.2, 0.25) is 0 Å². The molecule has 0 aliphatic carbocycles. The number of hydrogen-bond donors (Lipinski definition) is 1. The number of rotatable bonds is 12. The summed E-state index contributed by atoms with van der Waals surface area (Å²) in [5.41, 5.74) is 3.42. The Morgan fingerprint density at radius 2 is 1.48 bits per heavy atom. The van der Waals surface area contributed by atoms with Gasteiger partial charge in [0, 0.05) is 34.5 Å². The average molecular weight is 431 g/mol. The lowest BCUT2D eigenvalue weighted by Crippen LogP contribution is -2.56. The van der Waals surface area contributed by atoms with E-state index in [-0.39, 0.29) is 36.1 Å². The van der Waals surface area contributed by atoms with Crippen LogP contribution in [0.1, 0.15) is 13.3 Å². The molecule has 8 nitrogen and oxygen atoms in total. The fourth-order valence-corrected chi connectivity index (χ4v) is 5.52. The van der Waals surface area contributed by atoms with Gasteiger partial charge in [0.05, 0.1) is 35.9 Å². The van der Waals surface area contributed by atoms with E-state index in [2.05, 4.69) is 5.43 Å². The highest BCUT2D eigenvalue weighted by Gasteiger charge is 2.50. The summed E-state index contributed by atoms with van der Waals surface area (Å²) < 4.78 is 48.0. The van der Waals surface area contributed by atoms with Crippen LogP contribution in [0.25, 0.3) is 0 Å². The second-order valence-electron chi connectivity index (χ2n) is 7.18. The molecule has 0 saturated carbocycles. The van der Waals surface area contributed by atoms with Gasteiger partial charge in [0.25, 0.3) is 0 Å². The minimum atomic E-state index is -3.43. The third-order valence-electron chi connectivity index (χ3n) is 5.36. The zero-order chi connectivity index (χ0) is 21.4. The van der Waals surface area contributed by atoms with E-state index in [1.165, 1.54) is 0 Å². The minimum absolute atomic E-state index is 0.0152. The zero-order valence-corrected chi connectivity index (χ0v) is 18.7. The van der Waals surface area contributed by atoms with Crippen molar-refractivity contribution in [1.29, 1.82) is 0 Å². The van der Waals surface area contributed by atoms with Crippen molar-refractivity contribution in [1.82, 2.24) is 10.4 Å². The molecule has 2 rings (SSSR count). The van der Waals surface area contributed by atoms with Gasteiger partial charge in [-0.25, -0.2) is 13.4 Å². The van der Waals surface area contributed by atoms with Crippen LogP contribution in [0.4, 0.5) is 0 Å². The number of nitrogens with zero attached hydrogens (tertiary/aromatic N) is 1.